The molecule has 0 saturated carbocycles. The van der Waals surface area contributed by atoms with Crippen LogP contribution in [0.15, 0.2) is 29.6 Å². The molecular weight excluding hydrogens is 392 g/mol. The zero-order valence-corrected chi connectivity index (χ0v) is 17.1. The minimum Gasteiger partial charge on any atom is -0.347 e. The summed E-state index contributed by atoms with van der Waals surface area (Å²) in [4.78, 5) is 30.9. The Labute approximate surface area is 173 Å². The molecule has 1 aromatic heterocycles. The molecule has 0 aliphatic carbocycles. The van der Waals surface area contributed by atoms with Gasteiger partial charge >= 0.3 is 6.03 Å². The van der Waals surface area contributed by atoms with E-state index in [1.165, 1.54) is 11.3 Å². The number of carbonyl (C=O) groups is 2. The van der Waals surface area contributed by atoms with E-state index >= 15 is 0 Å². The minimum atomic E-state index is -0.487. The number of aromatic nitrogens is 1. The molecule has 2 N–H and O–H groups in total. The first-order valence-corrected chi connectivity index (χ1v) is 10.5. The Balaban J connectivity index is 1.26. The lowest BCUT2D eigenvalue weighted by molar-refractivity contribution is -0.187. The zero-order chi connectivity index (χ0) is 20.3. The van der Waals surface area contributed by atoms with Gasteiger partial charge in [-0.25, -0.2) is 9.78 Å². The van der Waals surface area contributed by atoms with E-state index < -0.39 is 5.79 Å². The van der Waals surface area contributed by atoms with Crippen molar-refractivity contribution in [1.29, 1.82) is 0 Å². The molecule has 3 heterocycles. The van der Waals surface area contributed by atoms with E-state index in [1.54, 1.807) is 5.38 Å². The topological polar surface area (TPSA) is 92.8 Å². The number of thiazole rings is 1. The van der Waals surface area contributed by atoms with Gasteiger partial charge in [0, 0.05) is 37.0 Å². The maximum atomic E-state index is 12.6. The van der Waals surface area contributed by atoms with Crippen molar-refractivity contribution in [3.8, 4) is 0 Å². The monoisotopic (exact) mass is 416 g/mol. The lowest BCUT2D eigenvalue weighted by Gasteiger charge is -2.37. The third-order valence-electron chi connectivity index (χ3n) is 5.11. The molecule has 0 atom stereocenters. The van der Waals surface area contributed by atoms with Crippen LogP contribution in [0.5, 0.6) is 0 Å². The van der Waals surface area contributed by atoms with Crippen LogP contribution in [0, 0.1) is 6.92 Å². The summed E-state index contributed by atoms with van der Waals surface area (Å²) in [6.07, 6.45) is 1.61. The van der Waals surface area contributed by atoms with Crippen LogP contribution in [0.1, 0.15) is 24.1 Å². The van der Waals surface area contributed by atoms with Crippen molar-refractivity contribution in [1.82, 2.24) is 9.88 Å². The number of piperidine rings is 1. The SMILES string of the molecule is Cc1ccc(NC(=O)Nc2nc(CC(=O)N3CCC4(CC3)OCCO4)cs2)cc1. The van der Waals surface area contributed by atoms with Gasteiger partial charge in [0.25, 0.3) is 0 Å². The molecular formula is C20H24N4O4S. The van der Waals surface area contributed by atoms with Crippen molar-refractivity contribution < 1.29 is 19.1 Å². The Morgan fingerprint density at radius 1 is 1.14 bits per heavy atom. The number of carbonyl (C=O) groups excluding carboxylic acids is 2. The van der Waals surface area contributed by atoms with E-state index in [4.69, 9.17) is 9.47 Å². The molecule has 9 heteroatoms. The lowest BCUT2D eigenvalue weighted by atomic mass is 10.0. The molecule has 0 radical (unpaired) electrons. The molecule has 3 amide bonds. The van der Waals surface area contributed by atoms with Gasteiger partial charge in [0.2, 0.25) is 5.91 Å². The molecule has 154 valence electrons. The Hall–Kier alpha value is -2.49. The van der Waals surface area contributed by atoms with Gasteiger partial charge in [0.05, 0.1) is 25.3 Å². The first-order chi connectivity index (χ1) is 14.0. The average Bonchev–Trinajstić information content (AvgIpc) is 3.34. The van der Waals surface area contributed by atoms with Gasteiger partial charge in [0.1, 0.15) is 0 Å². The Kier molecular flexibility index (Phi) is 5.79. The molecule has 2 aromatic rings. The number of hydrogen-bond acceptors (Lipinski definition) is 6. The highest BCUT2D eigenvalue weighted by Crippen LogP contribution is 2.31. The van der Waals surface area contributed by atoms with Crippen LogP contribution in [-0.4, -0.2) is 53.9 Å². The third-order valence-corrected chi connectivity index (χ3v) is 5.91. The van der Waals surface area contributed by atoms with Crippen molar-refractivity contribution in [2.24, 2.45) is 0 Å². The summed E-state index contributed by atoms with van der Waals surface area (Å²) in [5.74, 6) is -0.460. The Bertz CT molecular complexity index is 867. The molecule has 2 aliphatic rings. The van der Waals surface area contributed by atoms with Gasteiger partial charge in [-0.1, -0.05) is 17.7 Å². The number of ether oxygens (including phenoxy) is 2. The second-order valence-corrected chi connectivity index (χ2v) is 8.11. The highest BCUT2D eigenvalue weighted by molar-refractivity contribution is 7.14. The van der Waals surface area contributed by atoms with Crippen molar-refractivity contribution in [3.05, 3.63) is 40.9 Å². The van der Waals surface area contributed by atoms with Crippen LogP contribution in [0.25, 0.3) is 0 Å². The lowest BCUT2D eigenvalue weighted by Crippen LogP contribution is -2.47. The summed E-state index contributed by atoms with van der Waals surface area (Å²) in [5, 5.41) is 7.73. The van der Waals surface area contributed by atoms with Crippen molar-refractivity contribution in [3.63, 3.8) is 0 Å². The summed E-state index contributed by atoms with van der Waals surface area (Å²) in [7, 11) is 0. The highest BCUT2D eigenvalue weighted by atomic mass is 32.1. The molecule has 2 saturated heterocycles. The predicted molar refractivity (Wildman–Crippen MR) is 110 cm³/mol. The van der Waals surface area contributed by atoms with Crippen molar-refractivity contribution in [2.45, 2.75) is 32.0 Å². The molecule has 29 heavy (non-hydrogen) atoms. The summed E-state index contributed by atoms with van der Waals surface area (Å²) < 4.78 is 11.4. The summed E-state index contributed by atoms with van der Waals surface area (Å²) in [6.45, 7) is 4.47. The Morgan fingerprint density at radius 3 is 2.52 bits per heavy atom. The van der Waals surface area contributed by atoms with Crippen molar-refractivity contribution >= 4 is 34.1 Å². The van der Waals surface area contributed by atoms with Gasteiger partial charge in [-0.15, -0.1) is 11.3 Å². The zero-order valence-electron chi connectivity index (χ0n) is 16.3. The summed E-state index contributed by atoms with van der Waals surface area (Å²) in [5.41, 5.74) is 2.48. The maximum absolute atomic E-state index is 12.6. The number of hydrogen-bond donors (Lipinski definition) is 2. The number of urea groups is 1. The largest absolute Gasteiger partial charge is 0.347 e. The van der Waals surface area contributed by atoms with Gasteiger partial charge < -0.3 is 19.7 Å². The van der Waals surface area contributed by atoms with E-state index in [0.717, 1.165) is 5.56 Å². The number of likely N-dealkylation sites (tertiary alicyclic amines) is 1. The van der Waals surface area contributed by atoms with E-state index in [-0.39, 0.29) is 18.4 Å². The number of anilines is 2. The molecule has 0 unspecified atom stereocenters. The molecule has 1 spiro atoms. The second-order valence-electron chi connectivity index (χ2n) is 7.25. The van der Waals surface area contributed by atoms with E-state index in [0.29, 0.717) is 55.7 Å². The third kappa shape index (κ3) is 4.92. The van der Waals surface area contributed by atoms with Gasteiger partial charge in [-0.3, -0.25) is 10.1 Å². The normalized spacial score (nSPS) is 18.0. The van der Waals surface area contributed by atoms with Gasteiger partial charge in [-0.2, -0.15) is 0 Å². The van der Waals surface area contributed by atoms with E-state index in [1.807, 2.05) is 36.1 Å². The number of amides is 3. The highest BCUT2D eigenvalue weighted by Gasteiger charge is 2.40. The van der Waals surface area contributed by atoms with Crippen LogP contribution in [0.2, 0.25) is 0 Å². The van der Waals surface area contributed by atoms with Crippen LogP contribution in [0.4, 0.5) is 15.6 Å². The maximum Gasteiger partial charge on any atom is 0.325 e. The fraction of sp³-hybridized carbons (Fsp3) is 0.450. The van der Waals surface area contributed by atoms with Crippen LogP contribution in [0.3, 0.4) is 0 Å². The molecule has 2 fully saturated rings. The fourth-order valence-electron chi connectivity index (χ4n) is 3.49. The number of benzene rings is 1. The molecule has 2 aliphatic heterocycles. The summed E-state index contributed by atoms with van der Waals surface area (Å²) >= 11 is 1.30. The quantitative estimate of drug-likeness (QED) is 0.799. The van der Waals surface area contributed by atoms with Crippen LogP contribution < -0.4 is 10.6 Å². The molecule has 4 rings (SSSR count). The Morgan fingerprint density at radius 2 is 1.83 bits per heavy atom. The smallest absolute Gasteiger partial charge is 0.325 e. The van der Waals surface area contributed by atoms with Crippen molar-refractivity contribution in [2.75, 3.05) is 36.9 Å². The fourth-order valence-corrected chi connectivity index (χ4v) is 4.20. The first-order valence-electron chi connectivity index (χ1n) is 9.66. The average molecular weight is 417 g/mol. The van der Waals surface area contributed by atoms with Crippen LogP contribution in [-0.2, 0) is 20.7 Å². The minimum absolute atomic E-state index is 0.0267. The molecule has 1 aromatic carbocycles. The number of rotatable bonds is 4. The van der Waals surface area contributed by atoms with Gasteiger partial charge in [-0.05, 0) is 19.1 Å². The number of nitrogens with one attached hydrogen (secondary N) is 2. The number of aryl methyl sites for hydroxylation is 1. The van der Waals surface area contributed by atoms with E-state index in [9.17, 15) is 9.59 Å². The molecule has 8 nitrogen and oxygen atoms in total. The van der Waals surface area contributed by atoms with Crippen LogP contribution >= 0.6 is 11.3 Å². The number of nitrogens with zero attached hydrogens (tertiary/aromatic N) is 2. The van der Waals surface area contributed by atoms with E-state index in [2.05, 4.69) is 15.6 Å². The summed E-state index contributed by atoms with van der Waals surface area (Å²) in [6, 6.07) is 7.17. The second kappa shape index (κ2) is 8.48. The first kappa shape index (κ1) is 19.8. The van der Waals surface area contributed by atoms with Gasteiger partial charge in [0.15, 0.2) is 10.9 Å². The predicted octanol–water partition coefficient (Wildman–Crippen LogP) is 3.00. The standard InChI is InChI=1S/C20H24N4O4S/c1-14-2-4-15(5-3-14)21-18(26)23-19-22-16(13-29-19)12-17(25)24-8-6-20(7-9-24)27-10-11-28-20/h2-5,13H,6-12H2,1H3,(H2,21,22,23,26). The molecule has 0 bridgehead atoms.